The number of phenolic OH excluding ortho intramolecular Hbond substituents is 2. The molecule has 2 amide bonds. The number of anilines is 2. The van der Waals surface area contributed by atoms with E-state index in [1.165, 1.54) is 36.4 Å². The van der Waals surface area contributed by atoms with E-state index in [0.29, 0.717) is 10.7 Å². The average molecular weight is 473 g/mol. The van der Waals surface area contributed by atoms with Crippen LogP contribution in [0.4, 0.5) is 16.2 Å². The highest BCUT2D eigenvalue weighted by atomic mass is 35.5. The van der Waals surface area contributed by atoms with E-state index in [4.69, 9.17) is 27.6 Å². The molecule has 162 valence electrons. The van der Waals surface area contributed by atoms with E-state index in [1.807, 2.05) is 0 Å². The van der Waals surface area contributed by atoms with Crippen molar-refractivity contribution in [3.05, 3.63) is 74.9 Å². The highest BCUT2D eigenvalue weighted by Gasteiger charge is 2.17. The molecular weight excluding hydrogens is 459 g/mol. The van der Waals surface area contributed by atoms with Crippen LogP contribution in [0.25, 0.3) is 22.3 Å². The minimum Gasteiger partial charge on any atom is -0.504 e. The Labute approximate surface area is 190 Å². The number of amides is 2. The Bertz CT molecular complexity index is 1430. The van der Waals surface area contributed by atoms with Gasteiger partial charge >= 0.3 is 6.03 Å². The largest absolute Gasteiger partial charge is 0.504 e. The smallest absolute Gasteiger partial charge is 0.323 e. The van der Waals surface area contributed by atoms with E-state index < -0.39 is 23.0 Å². The minimum atomic E-state index is -0.737. The lowest BCUT2D eigenvalue weighted by Gasteiger charge is -2.11. The molecule has 4 aromatic rings. The van der Waals surface area contributed by atoms with Gasteiger partial charge in [-0.15, -0.1) is 0 Å². The van der Waals surface area contributed by atoms with Crippen LogP contribution in [0.5, 0.6) is 17.2 Å². The molecule has 0 radical (unpaired) electrons. The molecule has 0 fully saturated rings. The van der Waals surface area contributed by atoms with Gasteiger partial charge in [0.25, 0.3) is 0 Å². The van der Waals surface area contributed by atoms with Crippen molar-refractivity contribution >= 4 is 51.6 Å². The molecule has 0 bridgehead atoms. The quantitative estimate of drug-likeness (QED) is 0.249. The third-order valence-electron chi connectivity index (χ3n) is 4.54. The molecule has 5 N–H and O–H groups in total. The molecule has 3 aromatic carbocycles. The molecule has 0 spiro atoms. The van der Waals surface area contributed by atoms with Gasteiger partial charge in [0.2, 0.25) is 11.2 Å². The summed E-state index contributed by atoms with van der Waals surface area (Å²) in [6.07, 6.45) is 0. The minimum absolute atomic E-state index is 0.0246. The van der Waals surface area contributed by atoms with Gasteiger partial charge in [-0.25, -0.2) is 4.79 Å². The Morgan fingerprint density at radius 2 is 1.66 bits per heavy atom. The number of fused-ring (bicyclic) bond motifs is 1. The second-order valence-corrected chi connectivity index (χ2v) is 7.57. The second-order valence-electron chi connectivity index (χ2n) is 6.73. The zero-order chi connectivity index (χ0) is 23.0. The van der Waals surface area contributed by atoms with Crippen molar-refractivity contribution in [2.24, 2.45) is 0 Å². The van der Waals surface area contributed by atoms with Gasteiger partial charge in [-0.2, -0.15) is 0 Å². The fourth-order valence-electron chi connectivity index (χ4n) is 3.00. The van der Waals surface area contributed by atoms with Gasteiger partial charge < -0.3 is 30.4 Å². The van der Waals surface area contributed by atoms with Crippen molar-refractivity contribution < 1.29 is 24.5 Å². The lowest BCUT2D eigenvalue weighted by atomic mass is 10.1. The third kappa shape index (κ3) is 4.14. The number of benzene rings is 3. The molecule has 0 saturated carbocycles. The third-order valence-corrected chi connectivity index (χ3v) is 5.09. The SMILES string of the molecule is O=C(Nc1ccc2oc(-c3ccc(O)c(O)c3)c(O)c(=O)c2c1)Nc1ccc(Cl)cc1Cl. The zero-order valence-corrected chi connectivity index (χ0v) is 17.5. The van der Waals surface area contributed by atoms with Crippen LogP contribution in [0, 0.1) is 0 Å². The summed E-state index contributed by atoms with van der Waals surface area (Å²) in [5.74, 6) is -1.65. The van der Waals surface area contributed by atoms with E-state index in [0.717, 1.165) is 6.07 Å². The Balaban J connectivity index is 1.64. The molecule has 0 aliphatic carbocycles. The summed E-state index contributed by atoms with van der Waals surface area (Å²) in [6, 6.07) is 12.0. The topological polar surface area (TPSA) is 132 Å². The maximum atomic E-state index is 12.7. The first-order chi connectivity index (χ1) is 15.2. The molecule has 1 heterocycles. The second kappa shape index (κ2) is 8.33. The highest BCUT2D eigenvalue weighted by Crippen LogP contribution is 2.35. The van der Waals surface area contributed by atoms with E-state index in [1.54, 1.807) is 12.1 Å². The molecular formula is C22H14Cl2N2O6. The Morgan fingerprint density at radius 3 is 2.38 bits per heavy atom. The van der Waals surface area contributed by atoms with Crippen LogP contribution in [-0.2, 0) is 0 Å². The van der Waals surface area contributed by atoms with Crippen LogP contribution < -0.4 is 16.1 Å². The number of carbonyl (C=O) groups is 1. The molecule has 0 aliphatic rings. The zero-order valence-electron chi connectivity index (χ0n) is 16.0. The Kier molecular flexibility index (Phi) is 5.56. The number of urea groups is 1. The fourth-order valence-corrected chi connectivity index (χ4v) is 3.45. The molecule has 4 rings (SSSR count). The van der Waals surface area contributed by atoms with Crippen molar-refractivity contribution in [1.82, 2.24) is 0 Å². The van der Waals surface area contributed by atoms with Gasteiger partial charge in [0.15, 0.2) is 17.3 Å². The van der Waals surface area contributed by atoms with Gasteiger partial charge in [0, 0.05) is 16.3 Å². The number of carbonyl (C=O) groups excluding carboxylic acids is 1. The maximum absolute atomic E-state index is 12.7. The van der Waals surface area contributed by atoms with Crippen LogP contribution in [0.2, 0.25) is 10.0 Å². The Morgan fingerprint density at radius 1 is 0.875 bits per heavy atom. The first kappa shape index (κ1) is 21.4. The Hall–Kier alpha value is -3.88. The van der Waals surface area contributed by atoms with Crippen LogP contribution in [0.3, 0.4) is 0 Å². The fraction of sp³-hybridized carbons (Fsp3) is 0. The highest BCUT2D eigenvalue weighted by molar-refractivity contribution is 6.36. The van der Waals surface area contributed by atoms with Crippen molar-refractivity contribution in [2.75, 3.05) is 10.6 Å². The van der Waals surface area contributed by atoms with Gasteiger partial charge in [0.05, 0.1) is 16.1 Å². The summed E-state index contributed by atoms with van der Waals surface area (Å²) in [4.78, 5) is 25.0. The van der Waals surface area contributed by atoms with Crippen molar-refractivity contribution in [2.45, 2.75) is 0 Å². The number of halogens is 2. The molecule has 10 heteroatoms. The van der Waals surface area contributed by atoms with E-state index >= 15 is 0 Å². The number of aromatic hydroxyl groups is 3. The monoisotopic (exact) mass is 472 g/mol. The van der Waals surface area contributed by atoms with E-state index in [-0.39, 0.29) is 38.8 Å². The van der Waals surface area contributed by atoms with E-state index in [9.17, 15) is 24.9 Å². The van der Waals surface area contributed by atoms with Crippen LogP contribution in [0.15, 0.2) is 63.8 Å². The summed E-state index contributed by atoms with van der Waals surface area (Å²) in [7, 11) is 0. The lowest BCUT2D eigenvalue weighted by Crippen LogP contribution is -2.19. The number of nitrogens with one attached hydrogen (secondary N) is 2. The maximum Gasteiger partial charge on any atom is 0.323 e. The molecule has 0 saturated heterocycles. The molecule has 0 unspecified atom stereocenters. The van der Waals surface area contributed by atoms with Gasteiger partial charge in [-0.1, -0.05) is 23.2 Å². The van der Waals surface area contributed by atoms with Crippen LogP contribution >= 0.6 is 23.2 Å². The lowest BCUT2D eigenvalue weighted by molar-refractivity contribution is 0.262. The van der Waals surface area contributed by atoms with E-state index in [2.05, 4.69) is 10.6 Å². The number of hydrogen-bond acceptors (Lipinski definition) is 6. The van der Waals surface area contributed by atoms with Gasteiger partial charge in [-0.3, -0.25) is 4.79 Å². The predicted octanol–water partition coefficient (Wildman–Crippen LogP) is 5.53. The summed E-state index contributed by atoms with van der Waals surface area (Å²) in [5.41, 5.74) is 0.203. The first-order valence-electron chi connectivity index (χ1n) is 9.08. The summed E-state index contributed by atoms with van der Waals surface area (Å²) < 4.78 is 5.64. The van der Waals surface area contributed by atoms with Crippen molar-refractivity contribution in [3.63, 3.8) is 0 Å². The summed E-state index contributed by atoms with van der Waals surface area (Å²) >= 11 is 11.9. The molecule has 1 aromatic heterocycles. The molecule has 0 aliphatic heterocycles. The molecule has 32 heavy (non-hydrogen) atoms. The predicted molar refractivity (Wildman–Crippen MR) is 122 cm³/mol. The van der Waals surface area contributed by atoms with Gasteiger partial charge in [0.1, 0.15) is 5.58 Å². The standard InChI is InChI=1S/C22H14Cl2N2O6/c23-11-2-4-15(14(24)8-11)26-22(31)25-12-3-6-18-13(9-12)19(29)20(30)21(32-18)10-1-5-16(27)17(28)7-10/h1-9,27-28,30H,(H2,25,26,31). The van der Waals surface area contributed by atoms with Crippen molar-refractivity contribution in [1.29, 1.82) is 0 Å². The number of phenols is 2. The molecule has 0 atom stereocenters. The van der Waals surface area contributed by atoms with Gasteiger partial charge in [-0.05, 0) is 54.6 Å². The number of rotatable bonds is 3. The average Bonchev–Trinajstić information content (AvgIpc) is 2.75. The van der Waals surface area contributed by atoms with Crippen LogP contribution in [-0.4, -0.2) is 21.4 Å². The van der Waals surface area contributed by atoms with Crippen molar-refractivity contribution in [3.8, 4) is 28.6 Å². The normalized spacial score (nSPS) is 10.8. The molecule has 8 nitrogen and oxygen atoms in total. The summed E-state index contributed by atoms with van der Waals surface area (Å²) in [5, 5.41) is 35.3. The summed E-state index contributed by atoms with van der Waals surface area (Å²) in [6.45, 7) is 0. The first-order valence-corrected chi connectivity index (χ1v) is 9.84. The van der Waals surface area contributed by atoms with Crippen LogP contribution in [0.1, 0.15) is 0 Å². The number of hydrogen-bond donors (Lipinski definition) is 5.